The van der Waals surface area contributed by atoms with Gasteiger partial charge in [0.25, 0.3) is 10.0 Å². The van der Waals surface area contributed by atoms with Crippen molar-refractivity contribution in [2.24, 2.45) is 12.8 Å². The van der Waals surface area contributed by atoms with E-state index in [1.807, 2.05) is 0 Å². The molecule has 1 fully saturated rings. The molecule has 1 aromatic heterocycles. The van der Waals surface area contributed by atoms with E-state index >= 15 is 0 Å². The summed E-state index contributed by atoms with van der Waals surface area (Å²) in [5.74, 6) is 0. The molecule has 0 saturated heterocycles. The van der Waals surface area contributed by atoms with Crippen molar-refractivity contribution in [2.75, 3.05) is 13.1 Å². The van der Waals surface area contributed by atoms with Crippen molar-refractivity contribution in [2.45, 2.75) is 30.3 Å². The van der Waals surface area contributed by atoms with Gasteiger partial charge in [-0.05, 0) is 18.9 Å². The fourth-order valence-corrected chi connectivity index (χ4v) is 3.84. The molecule has 96 valence electrons. The highest BCUT2D eigenvalue weighted by Gasteiger charge is 2.35. The maximum Gasteiger partial charge on any atom is 0.260 e. The minimum atomic E-state index is -3.46. The van der Waals surface area contributed by atoms with E-state index in [-0.39, 0.29) is 11.1 Å². The summed E-state index contributed by atoms with van der Waals surface area (Å²) in [6.07, 6.45) is 4.44. The maximum atomic E-state index is 12.4. The summed E-state index contributed by atoms with van der Waals surface area (Å²) in [5, 5.41) is 4.14. The van der Waals surface area contributed by atoms with Gasteiger partial charge in [0.1, 0.15) is 0 Å². The molecule has 0 aromatic carbocycles. The molecule has 2 N–H and O–H groups in total. The van der Waals surface area contributed by atoms with Crippen LogP contribution in [0.15, 0.2) is 17.3 Å². The Hall–Kier alpha value is -0.920. The van der Waals surface area contributed by atoms with Crippen molar-refractivity contribution < 1.29 is 8.42 Å². The lowest BCUT2D eigenvalue weighted by molar-refractivity contribution is 0.222. The smallest absolute Gasteiger partial charge is 0.260 e. The predicted molar refractivity (Wildman–Crippen MR) is 63.8 cm³/mol. The molecular formula is C10H18N4O2S. The first-order chi connectivity index (χ1) is 8.07. The minimum Gasteiger partial charge on any atom is -0.329 e. The number of aryl methyl sites for hydroxylation is 1. The standard InChI is InChI=1S/C10H18N4O2S/c1-13-10(5-7-12-13)17(15,16)14(8-6-11)9-3-2-4-9/h5,7,9H,2-4,6,8,11H2,1H3. The molecule has 6 nitrogen and oxygen atoms in total. The van der Waals surface area contributed by atoms with E-state index in [0.29, 0.717) is 13.1 Å². The molecule has 0 radical (unpaired) electrons. The lowest BCUT2D eigenvalue weighted by Gasteiger charge is -2.36. The van der Waals surface area contributed by atoms with E-state index in [1.54, 1.807) is 7.05 Å². The molecule has 1 heterocycles. The van der Waals surface area contributed by atoms with Crippen molar-refractivity contribution in [1.82, 2.24) is 14.1 Å². The fraction of sp³-hybridized carbons (Fsp3) is 0.700. The summed E-state index contributed by atoms with van der Waals surface area (Å²) >= 11 is 0. The highest BCUT2D eigenvalue weighted by molar-refractivity contribution is 7.89. The third-order valence-corrected chi connectivity index (χ3v) is 5.21. The second-order valence-electron chi connectivity index (χ2n) is 4.28. The Morgan fingerprint density at radius 2 is 2.29 bits per heavy atom. The lowest BCUT2D eigenvalue weighted by atomic mass is 9.93. The zero-order chi connectivity index (χ0) is 12.5. The van der Waals surface area contributed by atoms with Crippen molar-refractivity contribution in [1.29, 1.82) is 0 Å². The molecule has 17 heavy (non-hydrogen) atoms. The van der Waals surface area contributed by atoms with Crippen LogP contribution >= 0.6 is 0 Å². The number of hydrogen-bond donors (Lipinski definition) is 1. The number of aromatic nitrogens is 2. The SMILES string of the molecule is Cn1nccc1S(=O)(=O)N(CCN)C1CCC1. The lowest BCUT2D eigenvalue weighted by Crippen LogP contribution is -2.46. The molecule has 0 amide bonds. The first-order valence-electron chi connectivity index (χ1n) is 5.77. The number of sulfonamides is 1. The van der Waals surface area contributed by atoms with Gasteiger partial charge in [-0.25, -0.2) is 8.42 Å². The van der Waals surface area contributed by atoms with Crippen LogP contribution in [0, 0.1) is 0 Å². The van der Waals surface area contributed by atoms with Gasteiger partial charge in [-0.2, -0.15) is 9.40 Å². The molecular weight excluding hydrogens is 240 g/mol. The average Bonchev–Trinajstić information content (AvgIpc) is 2.61. The molecule has 0 spiro atoms. The van der Waals surface area contributed by atoms with Crippen LogP contribution in [0.3, 0.4) is 0 Å². The van der Waals surface area contributed by atoms with Crippen LogP contribution in [-0.2, 0) is 17.1 Å². The maximum absolute atomic E-state index is 12.4. The molecule has 2 rings (SSSR count). The molecule has 0 bridgehead atoms. The van der Waals surface area contributed by atoms with Crippen molar-refractivity contribution in [3.05, 3.63) is 12.3 Å². The zero-order valence-electron chi connectivity index (χ0n) is 9.91. The van der Waals surface area contributed by atoms with Crippen LogP contribution in [0.25, 0.3) is 0 Å². The first-order valence-corrected chi connectivity index (χ1v) is 7.21. The third-order valence-electron chi connectivity index (χ3n) is 3.18. The van der Waals surface area contributed by atoms with Gasteiger partial charge in [-0.1, -0.05) is 6.42 Å². The molecule has 1 aliphatic rings. The summed E-state index contributed by atoms with van der Waals surface area (Å²) in [6, 6.07) is 1.63. The Kier molecular flexibility index (Phi) is 3.50. The van der Waals surface area contributed by atoms with Gasteiger partial charge in [-0.3, -0.25) is 4.68 Å². The molecule has 0 unspecified atom stereocenters. The Balaban J connectivity index is 2.31. The summed E-state index contributed by atoms with van der Waals surface area (Å²) in [4.78, 5) is 0. The van der Waals surface area contributed by atoms with E-state index in [4.69, 9.17) is 5.73 Å². The quantitative estimate of drug-likeness (QED) is 0.801. The second kappa shape index (κ2) is 4.75. The molecule has 1 aliphatic carbocycles. The fourth-order valence-electron chi connectivity index (χ4n) is 2.04. The van der Waals surface area contributed by atoms with Gasteiger partial charge in [-0.15, -0.1) is 0 Å². The zero-order valence-corrected chi connectivity index (χ0v) is 10.7. The van der Waals surface area contributed by atoms with Gasteiger partial charge in [0.2, 0.25) is 0 Å². The normalized spacial score (nSPS) is 17.4. The molecule has 0 aliphatic heterocycles. The third kappa shape index (κ3) is 2.22. The van der Waals surface area contributed by atoms with Gasteiger partial charge in [0.15, 0.2) is 5.03 Å². The largest absolute Gasteiger partial charge is 0.329 e. The highest BCUT2D eigenvalue weighted by atomic mass is 32.2. The monoisotopic (exact) mass is 258 g/mol. The number of hydrogen-bond acceptors (Lipinski definition) is 4. The van der Waals surface area contributed by atoms with Gasteiger partial charge >= 0.3 is 0 Å². The van der Waals surface area contributed by atoms with E-state index in [1.165, 1.54) is 21.3 Å². The van der Waals surface area contributed by atoms with Crippen LogP contribution in [0.2, 0.25) is 0 Å². The average molecular weight is 258 g/mol. The molecule has 0 atom stereocenters. The minimum absolute atomic E-state index is 0.110. The highest BCUT2D eigenvalue weighted by Crippen LogP contribution is 2.29. The van der Waals surface area contributed by atoms with Crippen LogP contribution < -0.4 is 5.73 Å². The van der Waals surface area contributed by atoms with Gasteiger partial charge < -0.3 is 5.73 Å². The topological polar surface area (TPSA) is 81.2 Å². The predicted octanol–water partition coefficient (Wildman–Crippen LogP) is -0.0780. The first kappa shape index (κ1) is 12.5. The molecule has 1 aromatic rings. The van der Waals surface area contributed by atoms with E-state index in [0.717, 1.165) is 19.3 Å². The Morgan fingerprint density at radius 3 is 2.71 bits per heavy atom. The number of nitrogens with zero attached hydrogens (tertiary/aromatic N) is 3. The summed E-state index contributed by atoms with van der Waals surface area (Å²) in [5.41, 5.74) is 5.51. The Morgan fingerprint density at radius 1 is 1.59 bits per heavy atom. The Bertz CT molecular complexity index is 478. The van der Waals surface area contributed by atoms with Crippen LogP contribution in [0.1, 0.15) is 19.3 Å². The summed E-state index contributed by atoms with van der Waals surface area (Å²) in [6.45, 7) is 0.714. The summed E-state index contributed by atoms with van der Waals surface area (Å²) in [7, 11) is -1.82. The van der Waals surface area contributed by atoms with Crippen molar-refractivity contribution in [3.63, 3.8) is 0 Å². The number of rotatable bonds is 5. The van der Waals surface area contributed by atoms with E-state index in [9.17, 15) is 8.42 Å². The van der Waals surface area contributed by atoms with Gasteiger partial charge in [0, 0.05) is 26.2 Å². The van der Waals surface area contributed by atoms with Crippen molar-refractivity contribution >= 4 is 10.0 Å². The van der Waals surface area contributed by atoms with E-state index < -0.39 is 10.0 Å². The molecule has 1 saturated carbocycles. The van der Waals surface area contributed by atoms with Crippen LogP contribution in [-0.4, -0.2) is 41.6 Å². The number of nitrogens with two attached hydrogens (primary N) is 1. The van der Waals surface area contributed by atoms with Crippen molar-refractivity contribution in [3.8, 4) is 0 Å². The van der Waals surface area contributed by atoms with Gasteiger partial charge in [0.05, 0.1) is 6.20 Å². The molecule has 7 heteroatoms. The Labute approximate surface area is 101 Å². The van der Waals surface area contributed by atoms with Crippen LogP contribution in [0.5, 0.6) is 0 Å². The second-order valence-corrected chi connectivity index (χ2v) is 6.12. The van der Waals surface area contributed by atoms with Crippen LogP contribution in [0.4, 0.5) is 0 Å². The van der Waals surface area contributed by atoms with E-state index in [2.05, 4.69) is 5.10 Å². The summed E-state index contributed by atoms with van der Waals surface area (Å²) < 4.78 is 27.8.